The van der Waals surface area contributed by atoms with Gasteiger partial charge in [-0.2, -0.15) is 10.2 Å². The lowest BCUT2D eigenvalue weighted by Crippen LogP contribution is -2.26. The maximum absolute atomic E-state index is 10.2. The molecule has 0 aromatic rings. The Morgan fingerprint density at radius 1 is 1.23 bits per heavy atom. The quantitative estimate of drug-likeness (QED) is 0.321. The maximum atomic E-state index is 10.2. The average Bonchev–Trinajstić information content (AvgIpc) is 2.00. The van der Waals surface area contributed by atoms with Crippen molar-refractivity contribution in [3.05, 3.63) is 0 Å². The Morgan fingerprint density at radius 3 is 2.23 bits per heavy atom. The molecule has 0 rings (SSSR count). The Kier molecular flexibility index (Phi) is 4.62. The highest BCUT2D eigenvalue weighted by molar-refractivity contribution is 6.29. The number of hydrazone groups is 2. The Bertz CT molecular complexity index is 258. The molecule has 0 fully saturated rings. The van der Waals surface area contributed by atoms with Crippen molar-refractivity contribution in [2.45, 2.75) is 6.92 Å². The molecule has 0 spiro atoms. The molecule has 72 valence electrons. The number of urea groups is 2. The Balaban J connectivity index is 3.91. The van der Waals surface area contributed by atoms with E-state index in [2.05, 4.69) is 10.2 Å². The zero-order chi connectivity index (χ0) is 10.3. The summed E-state index contributed by atoms with van der Waals surface area (Å²) in [7, 11) is 0. The molecule has 0 aromatic carbocycles. The van der Waals surface area contributed by atoms with Gasteiger partial charge in [0.05, 0.1) is 11.9 Å². The number of hydrogen-bond donors (Lipinski definition) is 4. The van der Waals surface area contributed by atoms with Crippen LogP contribution in [0.25, 0.3) is 0 Å². The zero-order valence-corrected chi connectivity index (χ0v) is 6.94. The second-order valence-corrected chi connectivity index (χ2v) is 1.96. The highest BCUT2D eigenvalue weighted by Gasteiger charge is 1.89. The van der Waals surface area contributed by atoms with Crippen molar-refractivity contribution < 1.29 is 9.59 Å². The third-order valence-electron chi connectivity index (χ3n) is 0.769. The van der Waals surface area contributed by atoms with E-state index in [0.717, 1.165) is 0 Å². The van der Waals surface area contributed by atoms with Crippen molar-refractivity contribution in [2.75, 3.05) is 0 Å². The normalized spacial score (nSPS) is 11.3. The van der Waals surface area contributed by atoms with E-state index in [1.54, 1.807) is 6.92 Å². The molecule has 0 atom stereocenters. The second kappa shape index (κ2) is 5.52. The van der Waals surface area contributed by atoms with E-state index in [9.17, 15) is 9.59 Å². The second-order valence-electron chi connectivity index (χ2n) is 1.96. The molecule has 0 saturated carbocycles. The van der Waals surface area contributed by atoms with Crippen LogP contribution in [0.15, 0.2) is 10.2 Å². The number of carbonyl (C=O) groups is 2. The largest absolute Gasteiger partial charge is 0.350 e. The van der Waals surface area contributed by atoms with Gasteiger partial charge in [0, 0.05) is 0 Å². The number of nitrogens with two attached hydrogens (primary N) is 2. The van der Waals surface area contributed by atoms with Crippen LogP contribution < -0.4 is 22.3 Å². The van der Waals surface area contributed by atoms with E-state index in [1.807, 2.05) is 10.9 Å². The SMILES string of the molecule is CC(/C=N\NC(N)=O)=N/NC(N)=O. The highest BCUT2D eigenvalue weighted by atomic mass is 16.2. The van der Waals surface area contributed by atoms with Gasteiger partial charge < -0.3 is 11.5 Å². The molecule has 8 heteroatoms. The first-order valence-corrected chi connectivity index (χ1v) is 3.20. The van der Waals surface area contributed by atoms with Gasteiger partial charge in [0.2, 0.25) is 0 Å². The predicted molar refractivity (Wildman–Crippen MR) is 47.0 cm³/mol. The molecule has 0 saturated heterocycles. The molecular formula is C5H10N6O2. The van der Waals surface area contributed by atoms with E-state index in [-0.39, 0.29) is 0 Å². The van der Waals surface area contributed by atoms with Gasteiger partial charge in [-0.05, 0) is 6.92 Å². The van der Waals surface area contributed by atoms with Crippen LogP contribution in [0.3, 0.4) is 0 Å². The molecule has 6 N–H and O–H groups in total. The molecular weight excluding hydrogens is 176 g/mol. The lowest BCUT2D eigenvalue weighted by Gasteiger charge is -1.93. The fourth-order valence-corrected chi connectivity index (χ4v) is 0.361. The van der Waals surface area contributed by atoms with Gasteiger partial charge in [-0.3, -0.25) is 0 Å². The maximum Gasteiger partial charge on any atom is 0.332 e. The van der Waals surface area contributed by atoms with Gasteiger partial charge in [0.15, 0.2) is 0 Å². The van der Waals surface area contributed by atoms with Crippen molar-refractivity contribution >= 4 is 24.0 Å². The van der Waals surface area contributed by atoms with Crippen molar-refractivity contribution in [2.24, 2.45) is 21.7 Å². The predicted octanol–water partition coefficient (Wildman–Crippen LogP) is -1.32. The highest BCUT2D eigenvalue weighted by Crippen LogP contribution is 1.69. The summed E-state index contributed by atoms with van der Waals surface area (Å²) in [5.74, 6) is 0. The van der Waals surface area contributed by atoms with Crippen LogP contribution in [0, 0.1) is 0 Å². The summed E-state index contributed by atoms with van der Waals surface area (Å²) in [5.41, 5.74) is 13.7. The number of carbonyl (C=O) groups excluding carboxylic acids is 2. The van der Waals surface area contributed by atoms with E-state index in [4.69, 9.17) is 11.5 Å². The minimum absolute atomic E-state index is 0.354. The van der Waals surface area contributed by atoms with Crippen LogP contribution in [0.4, 0.5) is 9.59 Å². The first-order chi connectivity index (χ1) is 6.02. The molecule has 0 radical (unpaired) electrons. The number of hydrogen-bond acceptors (Lipinski definition) is 4. The Labute approximate surface area is 74.0 Å². The van der Waals surface area contributed by atoms with Gasteiger partial charge in [-0.15, -0.1) is 0 Å². The van der Waals surface area contributed by atoms with Gasteiger partial charge >= 0.3 is 12.1 Å². The van der Waals surface area contributed by atoms with Crippen molar-refractivity contribution in [1.29, 1.82) is 0 Å². The summed E-state index contributed by atoms with van der Waals surface area (Å²) in [6.07, 6.45) is 1.20. The van der Waals surface area contributed by atoms with Crippen LogP contribution in [0.5, 0.6) is 0 Å². The molecule has 0 bridgehead atoms. The Hall–Kier alpha value is -2.12. The number of nitrogens with zero attached hydrogens (tertiary/aromatic N) is 2. The molecule has 0 aromatic heterocycles. The first kappa shape index (κ1) is 10.9. The van der Waals surface area contributed by atoms with Gasteiger partial charge in [0.25, 0.3) is 0 Å². The molecule has 8 nitrogen and oxygen atoms in total. The lowest BCUT2D eigenvalue weighted by molar-refractivity contribution is 0.248. The first-order valence-electron chi connectivity index (χ1n) is 3.20. The topological polar surface area (TPSA) is 135 Å². The Morgan fingerprint density at radius 2 is 1.77 bits per heavy atom. The molecule has 0 unspecified atom stereocenters. The van der Waals surface area contributed by atoms with E-state index in [0.29, 0.717) is 5.71 Å². The summed E-state index contributed by atoms with van der Waals surface area (Å²) in [6.45, 7) is 1.54. The van der Waals surface area contributed by atoms with E-state index >= 15 is 0 Å². The van der Waals surface area contributed by atoms with Crippen molar-refractivity contribution in [3.8, 4) is 0 Å². The van der Waals surface area contributed by atoms with Crippen LogP contribution in [0.1, 0.15) is 6.92 Å². The van der Waals surface area contributed by atoms with Gasteiger partial charge in [-0.1, -0.05) is 0 Å². The van der Waals surface area contributed by atoms with Crippen LogP contribution in [-0.2, 0) is 0 Å². The summed E-state index contributed by atoms with van der Waals surface area (Å²) in [6, 6.07) is -1.57. The summed E-state index contributed by atoms with van der Waals surface area (Å²) in [4.78, 5) is 20.3. The van der Waals surface area contributed by atoms with Crippen molar-refractivity contribution in [3.63, 3.8) is 0 Å². The van der Waals surface area contributed by atoms with Gasteiger partial charge in [-0.25, -0.2) is 20.4 Å². The fourth-order valence-electron chi connectivity index (χ4n) is 0.361. The van der Waals surface area contributed by atoms with Gasteiger partial charge in [0.1, 0.15) is 0 Å². The molecule has 0 aliphatic rings. The minimum Gasteiger partial charge on any atom is -0.350 e. The summed E-state index contributed by atoms with van der Waals surface area (Å²) < 4.78 is 0. The summed E-state index contributed by atoms with van der Waals surface area (Å²) in [5, 5.41) is 6.85. The monoisotopic (exact) mass is 186 g/mol. The fraction of sp³-hybridized carbons (Fsp3) is 0.200. The molecule has 13 heavy (non-hydrogen) atoms. The molecule has 4 amide bonds. The third kappa shape index (κ3) is 7.78. The standard InChI is InChI=1S/C5H10N6O2/c1-3(9-11-5(7)13)2-8-10-4(6)12/h2H,1H3,(H3,6,10,12)(H3,7,11,13)/b8-2-,9-3-. The number of nitrogens with one attached hydrogen (secondary N) is 2. The lowest BCUT2D eigenvalue weighted by atomic mass is 10.5. The third-order valence-corrected chi connectivity index (χ3v) is 0.769. The summed E-state index contributed by atoms with van der Waals surface area (Å²) >= 11 is 0. The van der Waals surface area contributed by atoms with E-state index in [1.165, 1.54) is 6.21 Å². The number of rotatable bonds is 3. The smallest absolute Gasteiger partial charge is 0.332 e. The van der Waals surface area contributed by atoms with Crippen LogP contribution in [0.2, 0.25) is 0 Å². The number of primary amides is 2. The van der Waals surface area contributed by atoms with Crippen LogP contribution >= 0.6 is 0 Å². The van der Waals surface area contributed by atoms with E-state index < -0.39 is 12.1 Å². The average molecular weight is 186 g/mol. The minimum atomic E-state index is -0.785. The van der Waals surface area contributed by atoms with Crippen LogP contribution in [-0.4, -0.2) is 24.0 Å². The molecule has 0 heterocycles. The van der Waals surface area contributed by atoms with Crippen molar-refractivity contribution in [1.82, 2.24) is 10.9 Å². The zero-order valence-electron chi connectivity index (χ0n) is 6.94. The number of amides is 4. The molecule has 0 aliphatic carbocycles. The molecule has 0 aliphatic heterocycles.